The number of amides is 1. The molecule has 1 saturated heterocycles. The summed E-state index contributed by atoms with van der Waals surface area (Å²) >= 11 is 0. The van der Waals surface area contributed by atoms with Gasteiger partial charge in [0.15, 0.2) is 0 Å². The van der Waals surface area contributed by atoms with Crippen molar-refractivity contribution in [3.05, 3.63) is 23.5 Å². The molecular formula is C16H25N3O2. The van der Waals surface area contributed by atoms with Crippen molar-refractivity contribution in [1.82, 2.24) is 9.88 Å². The molecule has 1 aromatic rings. The van der Waals surface area contributed by atoms with E-state index in [0.29, 0.717) is 11.5 Å². The second kappa shape index (κ2) is 7.41. The predicted octanol–water partition coefficient (Wildman–Crippen LogP) is 2.06. The molecule has 0 aliphatic carbocycles. The Morgan fingerprint density at radius 1 is 1.57 bits per heavy atom. The number of carbonyl (C=O) groups is 1. The number of aryl methyl sites for hydroxylation is 1. The first kappa shape index (κ1) is 15.8. The molecule has 1 unspecified atom stereocenters. The third kappa shape index (κ3) is 3.94. The highest BCUT2D eigenvalue weighted by atomic mass is 16.3. The summed E-state index contributed by atoms with van der Waals surface area (Å²) in [5.41, 5.74) is 2.43. The molecule has 0 aromatic carbocycles. The lowest BCUT2D eigenvalue weighted by Crippen LogP contribution is -2.29. The molecule has 1 aromatic heterocycles. The minimum atomic E-state index is 0.0431. The molecule has 0 saturated carbocycles. The van der Waals surface area contributed by atoms with E-state index in [2.05, 4.69) is 17.2 Å². The van der Waals surface area contributed by atoms with E-state index in [1.54, 1.807) is 6.20 Å². The Balaban J connectivity index is 2.11. The van der Waals surface area contributed by atoms with E-state index in [1.807, 2.05) is 17.9 Å². The van der Waals surface area contributed by atoms with Crippen LogP contribution in [0.25, 0.3) is 0 Å². The second-order valence-electron chi connectivity index (χ2n) is 5.72. The standard InChI is InChI=1S/C16H25N3O2/c1-3-6-17-15-9-12(2)18-10-14(15)16(21)19-7-4-13(11-19)5-8-20/h9-10,13,20H,3-8,11H2,1-2H3,(H,17,18). The molecule has 116 valence electrons. The first-order chi connectivity index (χ1) is 10.2. The molecule has 2 N–H and O–H groups in total. The maximum atomic E-state index is 12.7. The fourth-order valence-corrected chi connectivity index (χ4v) is 2.74. The molecule has 5 heteroatoms. The number of hydrogen-bond donors (Lipinski definition) is 2. The Hall–Kier alpha value is -1.62. The topological polar surface area (TPSA) is 65.5 Å². The zero-order valence-electron chi connectivity index (χ0n) is 12.9. The summed E-state index contributed by atoms with van der Waals surface area (Å²) in [6.07, 6.45) is 4.44. The first-order valence-corrected chi connectivity index (χ1v) is 7.76. The SMILES string of the molecule is CCCNc1cc(C)ncc1C(=O)N1CCC(CCO)C1. The predicted molar refractivity (Wildman–Crippen MR) is 83.5 cm³/mol. The number of rotatable bonds is 6. The van der Waals surface area contributed by atoms with Gasteiger partial charge in [-0.2, -0.15) is 0 Å². The van der Waals surface area contributed by atoms with Gasteiger partial charge in [-0.1, -0.05) is 6.92 Å². The van der Waals surface area contributed by atoms with Crippen molar-refractivity contribution in [2.45, 2.75) is 33.1 Å². The van der Waals surface area contributed by atoms with Gasteiger partial charge in [-0.15, -0.1) is 0 Å². The number of pyridine rings is 1. The van der Waals surface area contributed by atoms with E-state index in [0.717, 1.165) is 50.3 Å². The Bertz CT molecular complexity index is 490. The molecule has 1 fully saturated rings. The maximum Gasteiger partial charge on any atom is 0.257 e. The Labute approximate surface area is 126 Å². The molecule has 5 nitrogen and oxygen atoms in total. The van der Waals surface area contributed by atoms with Crippen LogP contribution in [-0.2, 0) is 0 Å². The van der Waals surface area contributed by atoms with Gasteiger partial charge in [0.1, 0.15) is 0 Å². The van der Waals surface area contributed by atoms with Crippen molar-refractivity contribution < 1.29 is 9.90 Å². The number of aliphatic hydroxyl groups excluding tert-OH is 1. The lowest BCUT2D eigenvalue weighted by atomic mass is 10.1. The number of hydrogen-bond acceptors (Lipinski definition) is 4. The molecule has 0 spiro atoms. The summed E-state index contributed by atoms with van der Waals surface area (Å²) in [5.74, 6) is 0.464. The van der Waals surface area contributed by atoms with Crippen LogP contribution in [0.15, 0.2) is 12.3 Å². The summed E-state index contributed by atoms with van der Waals surface area (Å²) in [7, 11) is 0. The quantitative estimate of drug-likeness (QED) is 0.842. The number of likely N-dealkylation sites (tertiary alicyclic amines) is 1. The van der Waals surface area contributed by atoms with Crippen molar-refractivity contribution in [3.63, 3.8) is 0 Å². The number of anilines is 1. The van der Waals surface area contributed by atoms with E-state index < -0.39 is 0 Å². The van der Waals surface area contributed by atoms with Crippen molar-refractivity contribution in [1.29, 1.82) is 0 Å². The number of carbonyl (C=O) groups excluding carboxylic acids is 1. The molecule has 0 radical (unpaired) electrons. The van der Waals surface area contributed by atoms with Gasteiger partial charge in [0, 0.05) is 38.1 Å². The van der Waals surface area contributed by atoms with Crippen LogP contribution in [-0.4, -0.2) is 47.1 Å². The molecule has 1 amide bonds. The fraction of sp³-hybridized carbons (Fsp3) is 0.625. The summed E-state index contributed by atoms with van der Waals surface area (Å²) in [6.45, 7) is 6.57. The molecule has 21 heavy (non-hydrogen) atoms. The van der Waals surface area contributed by atoms with E-state index >= 15 is 0 Å². The van der Waals surface area contributed by atoms with Crippen LogP contribution < -0.4 is 5.32 Å². The molecule has 1 aliphatic rings. The van der Waals surface area contributed by atoms with E-state index in [-0.39, 0.29) is 12.5 Å². The van der Waals surface area contributed by atoms with Crippen LogP contribution in [0, 0.1) is 12.8 Å². The fourth-order valence-electron chi connectivity index (χ4n) is 2.74. The van der Waals surface area contributed by atoms with E-state index in [9.17, 15) is 4.79 Å². The average Bonchev–Trinajstić information content (AvgIpc) is 2.93. The van der Waals surface area contributed by atoms with Crippen LogP contribution >= 0.6 is 0 Å². The van der Waals surface area contributed by atoms with Gasteiger partial charge in [0.2, 0.25) is 0 Å². The number of aromatic nitrogens is 1. The summed E-state index contributed by atoms with van der Waals surface area (Å²) in [4.78, 5) is 18.8. The van der Waals surface area contributed by atoms with Crippen LogP contribution in [0.1, 0.15) is 42.2 Å². The summed E-state index contributed by atoms with van der Waals surface area (Å²) < 4.78 is 0. The third-order valence-corrected chi connectivity index (χ3v) is 3.95. The zero-order chi connectivity index (χ0) is 15.2. The normalized spacial score (nSPS) is 18.0. The monoisotopic (exact) mass is 291 g/mol. The number of nitrogens with zero attached hydrogens (tertiary/aromatic N) is 2. The highest BCUT2D eigenvalue weighted by Gasteiger charge is 2.27. The van der Waals surface area contributed by atoms with Crippen LogP contribution in [0.5, 0.6) is 0 Å². The maximum absolute atomic E-state index is 12.7. The Kier molecular flexibility index (Phi) is 5.56. The van der Waals surface area contributed by atoms with Crippen molar-refractivity contribution in [2.24, 2.45) is 5.92 Å². The average molecular weight is 291 g/mol. The largest absolute Gasteiger partial charge is 0.396 e. The van der Waals surface area contributed by atoms with Crippen molar-refractivity contribution in [2.75, 3.05) is 31.6 Å². The Morgan fingerprint density at radius 2 is 2.38 bits per heavy atom. The van der Waals surface area contributed by atoms with Crippen molar-refractivity contribution in [3.8, 4) is 0 Å². The highest BCUT2D eigenvalue weighted by Crippen LogP contribution is 2.24. The number of aliphatic hydroxyl groups is 1. The molecule has 2 heterocycles. The van der Waals surface area contributed by atoms with Gasteiger partial charge in [-0.25, -0.2) is 0 Å². The van der Waals surface area contributed by atoms with E-state index in [4.69, 9.17) is 5.11 Å². The third-order valence-electron chi connectivity index (χ3n) is 3.95. The second-order valence-corrected chi connectivity index (χ2v) is 5.72. The van der Waals surface area contributed by atoms with Crippen LogP contribution in [0.2, 0.25) is 0 Å². The van der Waals surface area contributed by atoms with Gasteiger partial charge in [-0.05, 0) is 38.2 Å². The first-order valence-electron chi connectivity index (χ1n) is 7.76. The Morgan fingerprint density at radius 3 is 3.10 bits per heavy atom. The van der Waals surface area contributed by atoms with Gasteiger partial charge >= 0.3 is 0 Å². The summed E-state index contributed by atoms with van der Waals surface area (Å²) in [6, 6.07) is 1.93. The minimum absolute atomic E-state index is 0.0431. The summed E-state index contributed by atoms with van der Waals surface area (Å²) in [5, 5.41) is 12.3. The molecule has 2 rings (SSSR count). The molecule has 0 bridgehead atoms. The smallest absolute Gasteiger partial charge is 0.257 e. The van der Waals surface area contributed by atoms with Gasteiger partial charge in [0.05, 0.1) is 11.3 Å². The van der Waals surface area contributed by atoms with E-state index in [1.165, 1.54) is 0 Å². The molecule has 1 atom stereocenters. The van der Waals surface area contributed by atoms with Gasteiger partial charge in [0.25, 0.3) is 5.91 Å². The van der Waals surface area contributed by atoms with Gasteiger partial charge < -0.3 is 15.3 Å². The van der Waals surface area contributed by atoms with Crippen LogP contribution in [0.3, 0.4) is 0 Å². The molecule has 1 aliphatic heterocycles. The molecular weight excluding hydrogens is 266 g/mol. The lowest BCUT2D eigenvalue weighted by molar-refractivity contribution is 0.0785. The minimum Gasteiger partial charge on any atom is -0.396 e. The lowest BCUT2D eigenvalue weighted by Gasteiger charge is -2.19. The number of nitrogens with one attached hydrogen (secondary N) is 1. The van der Waals surface area contributed by atoms with Crippen molar-refractivity contribution >= 4 is 11.6 Å². The zero-order valence-corrected chi connectivity index (χ0v) is 12.9. The van der Waals surface area contributed by atoms with Gasteiger partial charge in [-0.3, -0.25) is 9.78 Å². The van der Waals surface area contributed by atoms with Crippen LogP contribution in [0.4, 0.5) is 5.69 Å². The highest BCUT2D eigenvalue weighted by molar-refractivity contribution is 5.99.